The van der Waals surface area contributed by atoms with Gasteiger partial charge >= 0.3 is 5.97 Å². The Kier molecular flexibility index (Phi) is 2.58. The number of hydrogen-bond acceptors (Lipinski definition) is 2. The van der Waals surface area contributed by atoms with Gasteiger partial charge in [-0.1, -0.05) is 30.3 Å². The van der Waals surface area contributed by atoms with Crippen LogP contribution in [0.2, 0.25) is 0 Å². The number of aliphatic imine (C=N–C) groups is 1. The minimum atomic E-state index is -0.997. The highest BCUT2D eigenvalue weighted by Crippen LogP contribution is 2.00. The summed E-state index contributed by atoms with van der Waals surface area (Å²) in [6, 6.07) is 8.83. The zero-order chi connectivity index (χ0) is 8.97. The third-order valence-corrected chi connectivity index (χ3v) is 1.47. The molecule has 1 aromatic rings. The van der Waals surface area contributed by atoms with Crippen LogP contribution in [0.3, 0.4) is 0 Å². The zero-order valence-electron chi connectivity index (χ0n) is 6.69. The largest absolute Gasteiger partial charge is 0.477 e. The molecule has 1 rings (SSSR count). The van der Waals surface area contributed by atoms with Gasteiger partial charge in [-0.05, 0) is 0 Å². The van der Waals surface area contributed by atoms with Crippen molar-refractivity contribution in [1.82, 2.24) is 0 Å². The first-order valence-corrected chi connectivity index (χ1v) is 3.51. The molecule has 0 saturated heterocycles. The molecule has 0 radical (unpaired) electrons. The Morgan fingerprint density at radius 3 is 2.33 bits per heavy atom. The summed E-state index contributed by atoms with van der Waals surface area (Å²) in [7, 11) is 1.47. The molecule has 12 heavy (non-hydrogen) atoms. The molecule has 0 bridgehead atoms. The fourth-order valence-corrected chi connectivity index (χ4v) is 0.944. The van der Waals surface area contributed by atoms with E-state index in [1.54, 1.807) is 24.3 Å². The highest BCUT2D eigenvalue weighted by atomic mass is 16.4. The summed E-state index contributed by atoms with van der Waals surface area (Å²) in [6.45, 7) is 0. The van der Waals surface area contributed by atoms with Gasteiger partial charge in [0.1, 0.15) is 5.71 Å². The van der Waals surface area contributed by atoms with Crippen LogP contribution >= 0.6 is 0 Å². The average Bonchev–Trinajstić information content (AvgIpc) is 2.07. The molecule has 0 heterocycles. The first-order chi connectivity index (χ1) is 5.75. The lowest BCUT2D eigenvalue weighted by Crippen LogP contribution is -2.13. The van der Waals surface area contributed by atoms with Crippen molar-refractivity contribution in [3.05, 3.63) is 35.9 Å². The van der Waals surface area contributed by atoms with Crippen molar-refractivity contribution in [2.75, 3.05) is 7.05 Å². The molecule has 0 aromatic heterocycles. The van der Waals surface area contributed by atoms with Gasteiger partial charge in [0.2, 0.25) is 0 Å². The number of carbonyl (C=O) groups is 1. The van der Waals surface area contributed by atoms with Crippen molar-refractivity contribution < 1.29 is 9.90 Å². The van der Waals surface area contributed by atoms with E-state index in [9.17, 15) is 4.79 Å². The minimum Gasteiger partial charge on any atom is -0.477 e. The SMILES string of the molecule is CN=C(C(=O)O)c1ccccc1. The molecule has 3 nitrogen and oxygen atoms in total. The van der Waals surface area contributed by atoms with Gasteiger partial charge in [0.15, 0.2) is 0 Å². The predicted molar refractivity (Wildman–Crippen MR) is 46.5 cm³/mol. The summed E-state index contributed by atoms with van der Waals surface area (Å²) in [5.41, 5.74) is 0.725. The van der Waals surface area contributed by atoms with E-state index in [-0.39, 0.29) is 5.71 Å². The lowest BCUT2D eigenvalue weighted by atomic mass is 10.1. The van der Waals surface area contributed by atoms with E-state index in [2.05, 4.69) is 4.99 Å². The highest BCUT2D eigenvalue weighted by molar-refractivity contribution is 6.42. The third kappa shape index (κ3) is 1.69. The number of benzene rings is 1. The second-order valence-corrected chi connectivity index (χ2v) is 2.24. The summed E-state index contributed by atoms with van der Waals surface area (Å²) in [6.07, 6.45) is 0. The van der Waals surface area contributed by atoms with Crippen LogP contribution in [0.25, 0.3) is 0 Å². The van der Waals surface area contributed by atoms with Crippen LogP contribution < -0.4 is 0 Å². The van der Waals surface area contributed by atoms with Crippen LogP contribution in [0, 0.1) is 0 Å². The molecule has 0 amide bonds. The summed E-state index contributed by atoms with van der Waals surface area (Å²) >= 11 is 0. The van der Waals surface area contributed by atoms with Gasteiger partial charge < -0.3 is 5.11 Å². The van der Waals surface area contributed by atoms with Gasteiger partial charge in [0.25, 0.3) is 0 Å². The fraction of sp³-hybridized carbons (Fsp3) is 0.111. The number of carboxylic acid groups (broad SMARTS) is 1. The molecule has 62 valence electrons. The summed E-state index contributed by atoms with van der Waals surface area (Å²) in [5.74, 6) is -0.997. The fourth-order valence-electron chi connectivity index (χ4n) is 0.944. The van der Waals surface area contributed by atoms with E-state index in [1.807, 2.05) is 6.07 Å². The Labute approximate surface area is 70.4 Å². The van der Waals surface area contributed by atoms with Gasteiger partial charge in [0, 0.05) is 12.6 Å². The van der Waals surface area contributed by atoms with Crippen LogP contribution in [0.15, 0.2) is 35.3 Å². The molecule has 0 saturated carbocycles. The standard InChI is InChI=1S/C9H9NO2/c1-10-8(9(11)12)7-5-3-2-4-6-7/h2-6H,1H3,(H,11,12). The van der Waals surface area contributed by atoms with Gasteiger partial charge in [0.05, 0.1) is 0 Å². The van der Waals surface area contributed by atoms with Crippen LogP contribution in [-0.2, 0) is 4.79 Å². The first-order valence-electron chi connectivity index (χ1n) is 3.51. The molecule has 0 fully saturated rings. The lowest BCUT2D eigenvalue weighted by molar-refractivity contribution is -0.129. The van der Waals surface area contributed by atoms with E-state index < -0.39 is 5.97 Å². The van der Waals surface area contributed by atoms with Crippen LogP contribution in [0.5, 0.6) is 0 Å². The molecule has 0 unspecified atom stereocenters. The summed E-state index contributed by atoms with van der Waals surface area (Å²) in [5, 5.41) is 8.70. The predicted octanol–water partition coefficient (Wildman–Crippen LogP) is 1.19. The number of hydrogen-bond donors (Lipinski definition) is 1. The maximum absolute atomic E-state index is 10.6. The molecular formula is C9H9NO2. The lowest BCUT2D eigenvalue weighted by Gasteiger charge is -1.98. The Bertz CT molecular complexity index is 304. The molecule has 1 aromatic carbocycles. The molecule has 0 atom stereocenters. The topological polar surface area (TPSA) is 49.7 Å². The van der Waals surface area contributed by atoms with Gasteiger partial charge in [-0.3, -0.25) is 4.99 Å². The van der Waals surface area contributed by atoms with Crippen molar-refractivity contribution in [2.45, 2.75) is 0 Å². The molecule has 1 N–H and O–H groups in total. The third-order valence-electron chi connectivity index (χ3n) is 1.47. The van der Waals surface area contributed by atoms with E-state index in [0.29, 0.717) is 5.56 Å². The number of aliphatic carboxylic acids is 1. The van der Waals surface area contributed by atoms with Crippen molar-refractivity contribution in [3.8, 4) is 0 Å². The monoisotopic (exact) mass is 163 g/mol. The Morgan fingerprint density at radius 2 is 1.92 bits per heavy atom. The Hall–Kier alpha value is -1.64. The van der Waals surface area contributed by atoms with E-state index in [1.165, 1.54) is 7.05 Å². The quantitative estimate of drug-likeness (QED) is 0.666. The molecular weight excluding hydrogens is 154 g/mol. The zero-order valence-corrected chi connectivity index (χ0v) is 6.69. The first kappa shape index (κ1) is 8.46. The molecule has 0 spiro atoms. The normalized spacial score (nSPS) is 11.2. The minimum absolute atomic E-state index is 0.0931. The number of nitrogens with zero attached hydrogens (tertiary/aromatic N) is 1. The van der Waals surface area contributed by atoms with Crippen LogP contribution in [0.1, 0.15) is 5.56 Å². The van der Waals surface area contributed by atoms with Crippen LogP contribution in [0.4, 0.5) is 0 Å². The maximum Gasteiger partial charge on any atom is 0.354 e. The van der Waals surface area contributed by atoms with Gasteiger partial charge in [-0.25, -0.2) is 4.79 Å². The molecule has 3 heteroatoms. The number of carboxylic acids is 1. The van der Waals surface area contributed by atoms with Gasteiger partial charge in [-0.2, -0.15) is 0 Å². The van der Waals surface area contributed by atoms with Crippen molar-refractivity contribution in [2.24, 2.45) is 4.99 Å². The smallest absolute Gasteiger partial charge is 0.354 e. The second-order valence-electron chi connectivity index (χ2n) is 2.24. The van der Waals surface area contributed by atoms with Crippen molar-refractivity contribution in [3.63, 3.8) is 0 Å². The second kappa shape index (κ2) is 3.67. The molecule has 0 aliphatic rings. The van der Waals surface area contributed by atoms with Crippen molar-refractivity contribution >= 4 is 11.7 Å². The Balaban J connectivity index is 3.05. The summed E-state index contributed by atoms with van der Waals surface area (Å²) in [4.78, 5) is 14.3. The van der Waals surface area contributed by atoms with Gasteiger partial charge in [-0.15, -0.1) is 0 Å². The van der Waals surface area contributed by atoms with Crippen molar-refractivity contribution in [1.29, 1.82) is 0 Å². The van der Waals surface area contributed by atoms with E-state index in [4.69, 9.17) is 5.11 Å². The number of rotatable bonds is 2. The highest BCUT2D eigenvalue weighted by Gasteiger charge is 2.09. The van der Waals surface area contributed by atoms with E-state index >= 15 is 0 Å². The van der Waals surface area contributed by atoms with E-state index in [0.717, 1.165) is 0 Å². The summed E-state index contributed by atoms with van der Waals surface area (Å²) < 4.78 is 0. The maximum atomic E-state index is 10.6. The molecule has 0 aliphatic carbocycles. The molecule has 0 aliphatic heterocycles. The Morgan fingerprint density at radius 1 is 1.33 bits per heavy atom. The average molecular weight is 163 g/mol. The van der Waals surface area contributed by atoms with Crippen LogP contribution in [-0.4, -0.2) is 23.8 Å².